The third-order valence-corrected chi connectivity index (χ3v) is 1.70. The summed E-state index contributed by atoms with van der Waals surface area (Å²) in [4.78, 5) is 0. The first-order valence-corrected chi connectivity index (χ1v) is 4.92. The molecule has 1 rings (SSSR count). The summed E-state index contributed by atoms with van der Waals surface area (Å²) in [6, 6.07) is 7.29. The molecule has 0 saturated heterocycles. The van der Waals surface area contributed by atoms with E-state index in [1.165, 1.54) is 12.4 Å². The van der Waals surface area contributed by atoms with Gasteiger partial charge in [-0.2, -0.15) is 10.2 Å². The van der Waals surface area contributed by atoms with Gasteiger partial charge in [0.15, 0.2) is 0 Å². The molecule has 1 aromatic carbocycles. The first-order valence-electron chi connectivity index (χ1n) is 4.92. The number of guanidine groups is 2. The lowest BCUT2D eigenvalue weighted by atomic mass is 10.2. The van der Waals surface area contributed by atoms with E-state index in [4.69, 9.17) is 22.9 Å². The maximum Gasteiger partial charge on any atom is 0.211 e. The molecular formula is C10H16Cl2N8. The zero-order valence-electron chi connectivity index (χ0n) is 10.4. The molecule has 0 heterocycles. The van der Waals surface area contributed by atoms with Crippen LogP contribution in [0.5, 0.6) is 0 Å². The van der Waals surface area contributed by atoms with Gasteiger partial charge in [0.2, 0.25) is 11.9 Å². The molecule has 8 nitrogen and oxygen atoms in total. The number of hydrogen-bond donors (Lipinski definition) is 4. The first-order chi connectivity index (χ1) is 8.58. The topological polar surface area (TPSA) is 154 Å². The molecule has 0 aliphatic rings. The molecular weight excluding hydrogens is 303 g/mol. The molecule has 0 aliphatic carbocycles. The van der Waals surface area contributed by atoms with Gasteiger partial charge >= 0.3 is 0 Å². The third-order valence-electron chi connectivity index (χ3n) is 1.70. The van der Waals surface area contributed by atoms with Crippen molar-refractivity contribution in [2.24, 2.45) is 43.3 Å². The van der Waals surface area contributed by atoms with E-state index in [1.807, 2.05) is 24.3 Å². The van der Waals surface area contributed by atoms with Crippen molar-refractivity contribution in [2.75, 3.05) is 0 Å². The number of benzene rings is 1. The minimum atomic E-state index is -0.0905. The summed E-state index contributed by atoms with van der Waals surface area (Å²) in [5.41, 5.74) is 22.2. The minimum absolute atomic E-state index is 0. The molecule has 20 heavy (non-hydrogen) atoms. The van der Waals surface area contributed by atoms with Gasteiger partial charge in [0.1, 0.15) is 0 Å². The first kappa shape index (κ1) is 20.0. The summed E-state index contributed by atoms with van der Waals surface area (Å²) in [5, 5.41) is 14.3. The van der Waals surface area contributed by atoms with E-state index < -0.39 is 0 Å². The molecule has 1 aromatic rings. The van der Waals surface area contributed by atoms with Crippen LogP contribution in [0.3, 0.4) is 0 Å². The van der Waals surface area contributed by atoms with Gasteiger partial charge in [-0.05, 0) is 11.1 Å². The van der Waals surface area contributed by atoms with Crippen molar-refractivity contribution in [3.8, 4) is 0 Å². The molecule has 0 radical (unpaired) electrons. The van der Waals surface area contributed by atoms with Gasteiger partial charge in [-0.3, -0.25) is 0 Å². The van der Waals surface area contributed by atoms with Crippen LogP contribution in [0.2, 0.25) is 0 Å². The molecule has 0 aliphatic heterocycles. The van der Waals surface area contributed by atoms with E-state index in [-0.39, 0.29) is 36.7 Å². The fourth-order valence-corrected chi connectivity index (χ4v) is 0.993. The summed E-state index contributed by atoms with van der Waals surface area (Å²) in [7, 11) is 0. The number of rotatable bonds is 4. The van der Waals surface area contributed by atoms with Gasteiger partial charge in [-0.25, -0.2) is 0 Å². The summed E-state index contributed by atoms with van der Waals surface area (Å²) in [6.07, 6.45) is 3.05. The van der Waals surface area contributed by atoms with Crippen LogP contribution < -0.4 is 22.9 Å². The molecule has 0 unspecified atom stereocenters. The molecule has 110 valence electrons. The number of hydrogen-bond acceptors (Lipinski definition) is 4. The lowest BCUT2D eigenvalue weighted by Gasteiger charge is -1.93. The highest BCUT2D eigenvalue weighted by molar-refractivity contribution is 5.86. The van der Waals surface area contributed by atoms with Gasteiger partial charge in [-0.15, -0.1) is 35.0 Å². The number of halogens is 2. The Labute approximate surface area is 128 Å². The highest BCUT2D eigenvalue weighted by Crippen LogP contribution is 2.00. The average Bonchev–Trinajstić information content (AvgIpc) is 2.30. The Kier molecular flexibility index (Phi) is 10.6. The van der Waals surface area contributed by atoms with Crippen LogP contribution in [0.1, 0.15) is 11.1 Å². The smallest absolute Gasteiger partial charge is 0.211 e. The molecule has 0 aromatic heterocycles. The van der Waals surface area contributed by atoms with E-state index in [0.29, 0.717) is 0 Å². The van der Waals surface area contributed by atoms with Crippen LogP contribution in [0.15, 0.2) is 44.7 Å². The number of nitrogens with zero attached hydrogens (tertiary/aromatic N) is 4. The Morgan fingerprint density at radius 2 is 1.00 bits per heavy atom. The van der Waals surface area contributed by atoms with Gasteiger partial charge in [-0.1, -0.05) is 24.3 Å². The standard InChI is InChI=1S/C10H14N8.2ClH/c11-9(12)17-15-5-7-1-2-8(4-3-7)6-16-18-10(13)14;;/h1-6H,(H4,11,12,17)(H4,13,14,18);2*1H/b15-5+,16-6+;;. The van der Waals surface area contributed by atoms with Crippen molar-refractivity contribution in [3.05, 3.63) is 35.4 Å². The van der Waals surface area contributed by atoms with Crippen molar-refractivity contribution in [1.82, 2.24) is 0 Å². The Morgan fingerprint density at radius 1 is 0.700 bits per heavy atom. The Bertz CT molecular complexity index is 451. The van der Waals surface area contributed by atoms with Crippen LogP contribution in [0.4, 0.5) is 0 Å². The monoisotopic (exact) mass is 318 g/mol. The molecule has 0 bridgehead atoms. The lowest BCUT2D eigenvalue weighted by molar-refractivity contribution is 1.21. The van der Waals surface area contributed by atoms with Crippen LogP contribution in [-0.4, -0.2) is 24.3 Å². The van der Waals surface area contributed by atoms with E-state index in [1.54, 1.807) is 0 Å². The maximum atomic E-state index is 5.12. The molecule has 8 N–H and O–H groups in total. The fourth-order valence-electron chi connectivity index (χ4n) is 0.993. The highest BCUT2D eigenvalue weighted by Gasteiger charge is 1.89. The molecule has 0 amide bonds. The zero-order chi connectivity index (χ0) is 13.4. The molecule has 10 heteroatoms. The fraction of sp³-hybridized carbons (Fsp3) is 0. The van der Waals surface area contributed by atoms with Crippen molar-refractivity contribution >= 4 is 49.2 Å². The van der Waals surface area contributed by atoms with E-state index in [2.05, 4.69) is 20.4 Å². The normalized spacial score (nSPS) is 9.60. The van der Waals surface area contributed by atoms with Gasteiger partial charge in [0.05, 0.1) is 12.4 Å². The largest absolute Gasteiger partial charge is 0.369 e. The SMILES string of the molecule is Cl.Cl.NC(N)=N/N=C/c1ccc(/C=N/N=C(N)N)cc1. The predicted molar refractivity (Wildman–Crippen MR) is 87.7 cm³/mol. The second-order valence-corrected chi connectivity index (χ2v) is 3.21. The predicted octanol–water partition coefficient (Wildman–Crippen LogP) is -0.255. The van der Waals surface area contributed by atoms with Crippen LogP contribution in [0.25, 0.3) is 0 Å². The molecule has 0 spiro atoms. The van der Waals surface area contributed by atoms with E-state index in [9.17, 15) is 0 Å². The second-order valence-electron chi connectivity index (χ2n) is 3.21. The van der Waals surface area contributed by atoms with Crippen molar-refractivity contribution in [3.63, 3.8) is 0 Å². The van der Waals surface area contributed by atoms with Gasteiger partial charge in [0.25, 0.3) is 0 Å². The maximum absolute atomic E-state index is 5.12. The zero-order valence-corrected chi connectivity index (χ0v) is 12.0. The van der Waals surface area contributed by atoms with Crippen molar-refractivity contribution in [2.45, 2.75) is 0 Å². The van der Waals surface area contributed by atoms with Gasteiger partial charge < -0.3 is 22.9 Å². The molecule has 0 fully saturated rings. The summed E-state index contributed by atoms with van der Waals surface area (Å²) < 4.78 is 0. The van der Waals surface area contributed by atoms with Crippen LogP contribution in [-0.2, 0) is 0 Å². The highest BCUT2D eigenvalue weighted by atomic mass is 35.5. The molecule has 0 saturated carbocycles. The Balaban J connectivity index is 0. The van der Waals surface area contributed by atoms with Crippen LogP contribution >= 0.6 is 24.8 Å². The minimum Gasteiger partial charge on any atom is -0.369 e. The third kappa shape index (κ3) is 8.72. The Hall–Kier alpha value is -2.32. The second kappa shape index (κ2) is 10.6. The lowest BCUT2D eigenvalue weighted by Crippen LogP contribution is -2.21. The van der Waals surface area contributed by atoms with Crippen LogP contribution in [0, 0.1) is 0 Å². The Morgan fingerprint density at radius 3 is 1.25 bits per heavy atom. The van der Waals surface area contributed by atoms with Gasteiger partial charge in [0, 0.05) is 0 Å². The van der Waals surface area contributed by atoms with Crippen molar-refractivity contribution in [1.29, 1.82) is 0 Å². The molecule has 0 atom stereocenters. The average molecular weight is 319 g/mol. The summed E-state index contributed by atoms with van der Waals surface area (Å²) >= 11 is 0. The quantitative estimate of drug-likeness (QED) is 0.343. The summed E-state index contributed by atoms with van der Waals surface area (Å²) in [5.74, 6) is -0.181. The number of nitrogens with two attached hydrogens (primary N) is 4. The van der Waals surface area contributed by atoms with Crippen molar-refractivity contribution < 1.29 is 0 Å². The summed E-state index contributed by atoms with van der Waals surface area (Å²) in [6.45, 7) is 0. The van der Waals surface area contributed by atoms with E-state index >= 15 is 0 Å². The van der Waals surface area contributed by atoms with E-state index in [0.717, 1.165) is 11.1 Å².